The van der Waals surface area contributed by atoms with E-state index in [9.17, 15) is 0 Å². The van der Waals surface area contributed by atoms with Crippen LogP contribution in [0.15, 0.2) is 36.0 Å². The van der Waals surface area contributed by atoms with Crippen LogP contribution in [-0.4, -0.2) is 48.7 Å². The van der Waals surface area contributed by atoms with Crippen LogP contribution in [0.4, 0.5) is 0 Å². The summed E-state index contributed by atoms with van der Waals surface area (Å²) in [4.78, 5) is 2.57. The van der Waals surface area contributed by atoms with Gasteiger partial charge in [-0.3, -0.25) is 4.90 Å². The Kier molecular flexibility index (Phi) is 5.08. The average Bonchev–Trinajstić information content (AvgIpc) is 3.30. The van der Waals surface area contributed by atoms with Crippen LogP contribution in [0.1, 0.15) is 38.5 Å². The molecule has 4 rings (SSSR count). The number of hydrogen-bond donors (Lipinski definition) is 2. The molecule has 0 aromatic rings. The summed E-state index contributed by atoms with van der Waals surface area (Å²) in [5, 5.41) is 16.4. The lowest BCUT2D eigenvalue weighted by Gasteiger charge is -2.52. The van der Waals surface area contributed by atoms with Crippen molar-refractivity contribution in [3.8, 4) is 6.07 Å². The van der Waals surface area contributed by atoms with Crippen molar-refractivity contribution >= 4 is 0 Å². The number of likely N-dealkylation sites (tertiary alicyclic amines) is 1. The SMILES string of the molecule is N#CCC1(N2CCC(NC3CC3/C3=C/C/C=C\CC=C3)CC2)CNC1. The van der Waals surface area contributed by atoms with Crippen LogP contribution in [0, 0.1) is 17.2 Å². The van der Waals surface area contributed by atoms with E-state index in [2.05, 4.69) is 52.0 Å². The Labute approximate surface area is 151 Å². The molecule has 0 spiro atoms. The summed E-state index contributed by atoms with van der Waals surface area (Å²) in [5.74, 6) is 0.724. The average molecular weight is 338 g/mol. The van der Waals surface area contributed by atoms with Crippen molar-refractivity contribution < 1.29 is 0 Å². The van der Waals surface area contributed by atoms with Crippen molar-refractivity contribution in [2.24, 2.45) is 5.92 Å². The van der Waals surface area contributed by atoms with Gasteiger partial charge in [0.05, 0.1) is 18.0 Å². The molecule has 4 heteroatoms. The molecule has 3 fully saturated rings. The first-order valence-electron chi connectivity index (χ1n) is 9.91. The molecule has 0 bridgehead atoms. The molecule has 2 unspecified atom stereocenters. The van der Waals surface area contributed by atoms with Gasteiger partial charge in [0.25, 0.3) is 0 Å². The third-order valence-corrected chi connectivity index (χ3v) is 6.39. The highest BCUT2D eigenvalue weighted by Crippen LogP contribution is 2.39. The Morgan fingerprint density at radius 3 is 2.72 bits per heavy atom. The molecular formula is C21H30N4. The van der Waals surface area contributed by atoms with Crippen molar-refractivity contribution in [1.29, 1.82) is 5.26 Å². The molecule has 2 saturated heterocycles. The second-order valence-corrected chi connectivity index (χ2v) is 8.09. The van der Waals surface area contributed by atoms with Gasteiger partial charge in [0, 0.05) is 44.2 Å². The highest BCUT2D eigenvalue weighted by atomic mass is 15.3. The molecule has 0 amide bonds. The standard InChI is InChI=1S/C21H30N4/c22-11-10-21(15-23-16-21)25-12-8-18(9-13-25)24-20-14-19(20)17-6-4-2-1-3-5-7-17/h1-2,5-7,18-20,23-24H,3-4,8-10,12-16H2/b2-1-,7-5?,17-6+. The smallest absolute Gasteiger partial charge is 0.0642 e. The number of nitriles is 1. The molecule has 1 saturated carbocycles. The van der Waals surface area contributed by atoms with Crippen molar-refractivity contribution in [2.75, 3.05) is 26.2 Å². The fourth-order valence-corrected chi connectivity index (χ4v) is 4.61. The van der Waals surface area contributed by atoms with E-state index in [-0.39, 0.29) is 5.54 Å². The van der Waals surface area contributed by atoms with Gasteiger partial charge < -0.3 is 10.6 Å². The Morgan fingerprint density at radius 1 is 1.20 bits per heavy atom. The van der Waals surface area contributed by atoms with Crippen molar-refractivity contribution in [3.05, 3.63) is 36.0 Å². The number of piperidine rings is 1. The van der Waals surface area contributed by atoms with Crippen molar-refractivity contribution in [2.45, 2.75) is 56.1 Å². The summed E-state index contributed by atoms with van der Waals surface area (Å²) in [6, 6.07) is 3.72. The first-order chi connectivity index (χ1) is 12.3. The van der Waals surface area contributed by atoms with Crippen LogP contribution >= 0.6 is 0 Å². The minimum atomic E-state index is 0.129. The maximum Gasteiger partial charge on any atom is 0.0642 e. The van der Waals surface area contributed by atoms with Gasteiger partial charge in [-0.1, -0.05) is 30.4 Å². The molecule has 134 valence electrons. The van der Waals surface area contributed by atoms with E-state index in [0.717, 1.165) is 44.9 Å². The van der Waals surface area contributed by atoms with Gasteiger partial charge in [0.15, 0.2) is 0 Å². The molecular weight excluding hydrogens is 308 g/mol. The van der Waals surface area contributed by atoms with Crippen LogP contribution in [0.5, 0.6) is 0 Å². The van der Waals surface area contributed by atoms with Gasteiger partial charge in [-0.25, -0.2) is 0 Å². The zero-order valence-corrected chi connectivity index (χ0v) is 15.1. The summed E-state index contributed by atoms with van der Waals surface area (Å²) >= 11 is 0. The third kappa shape index (κ3) is 3.74. The quantitative estimate of drug-likeness (QED) is 0.757. The molecule has 2 aliphatic heterocycles. The second kappa shape index (κ2) is 7.45. The number of rotatable bonds is 5. The number of allylic oxidation sites excluding steroid dienone is 5. The highest BCUT2D eigenvalue weighted by molar-refractivity contribution is 5.31. The lowest BCUT2D eigenvalue weighted by molar-refractivity contribution is 0.0182. The van der Waals surface area contributed by atoms with Crippen LogP contribution in [0.2, 0.25) is 0 Å². The summed E-state index contributed by atoms with van der Waals surface area (Å²) < 4.78 is 0. The van der Waals surface area contributed by atoms with Crippen molar-refractivity contribution in [3.63, 3.8) is 0 Å². The minimum absolute atomic E-state index is 0.129. The van der Waals surface area contributed by atoms with E-state index < -0.39 is 0 Å². The van der Waals surface area contributed by atoms with Gasteiger partial charge in [0.2, 0.25) is 0 Å². The summed E-state index contributed by atoms with van der Waals surface area (Å²) in [5.41, 5.74) is 1.66. The predicted octanol–water partition coefficient (Wildman–Crippen LogP) is 2.52. The van der Waals surface area contributed by atoms with E-state index >= 15 is 0 Å². The van der Waals surface area contributed by atoms with Crippen LogP contribution in [-0.2, 0) is 0 Å². The van der Waals surface area contributed by atoms with Crippen LogP contribution in [0.25, 0.3) is 0 Å². The zero-order valence-electron chi connectivity index (χ0n) is 15.1. The molecule has 0 aromatic carbocycles. The molecule has 2 atom stereocenters. The lowest BCUT2D eigenvalue weighted by atomic mass is 9.85. The Morgan fingerprint density at radius 2 is 2.00 bits per heavy atom. The highest BCUT2D eigenvalue weighted by Gasteiger charge is 2.45. The Balaban J connectivity index is 1.25. The van der Waals surface area contributed by atoms with Gasteiger partial charge >= 0.3 is 0 Å². The maximum absolute atomic E-state index is 9.14. The summed E-state index contributed by atoms with van der Waals surface area (Å²) in [7, 11) is 0. The van der Waals surface area contributed by atoms with E-state index in [4.69, 9.17) is 5.26 Å². The first kappa shape index (κ1) is 17.0. The van der Waals surface area contributed by atoms with Crippen LogP contribution < -0.4 is 10.6 Å². The number of hydrogen-bond acceptors (Lipinski definition) is 4. The van der Waals surface area contributed by atoms with Gasteiger partial charge in [-0.05, 0) is 37.7 Å². The van der Waals surface area contributed by atoms with Gasteiger partial charge in [0.1, 0.15) is 0 Å². The second-order valence-electron chi connectivity index (χ2n) is 8.09. The topological polar surface area (TPSA) is 51.1 Å². The fraction of sp³-hybridized carbons (Fsp3) is 0.667. The van der Waals surface area contributed by atoms with E-state index in [1.807, 2.05) is 0 Å². The van der Waals surface area contributed by atoms with Gasteiger partial charge in [-0.15, -0.1) is 0 Å². The Bertz CT molecular complexity index is 600. The molecule has 2 aliphatic carbocycles. The zero-order chi connectivity index (χ0) is 17.1. The van der Waals surface area contributed by atoms with E-state index in [0.29, 0.717) is 18.5 Å². The minimum Gasteiger partial charge on any atom is -0.313 e. The normalized spacial score (nSPS) is 35.6. The Hall–Kier alpha value is -1.41. The summed E-state index contributed by atoms with van der Waals surface area (Å²) in [6.45, 7) is 4.23. The maximum atomic E-state index is 9.14. The first-order valence-corrected chi connectivity index (χ1v) is 9.91. The van der Waals surface area contributed by atoms with Gasteiger partial charge in [-0.2, -0.15) is 5.26 Å². The van der Waals surface area contributed by atoms with E-state index in [1.54, 1.807) is 0 Å². The molecule has 4 aliphatic rings. The predicted molar refractivity (Wildman–Crippen MR) is 101 cm³/mol. The van der Waals surface area contributed by atoms with E-state index in [1.165, 1.54) is 24.8 Å². The molecule has 25 heavy (non-hydrogen) atoms. The molecule has 4 nitrogen and oxygen atoms in total. The fourth-order valence-electron chi connectivity index (χ4n) is 4.61. The molecule has 0 radical (unpaired) electrons. The molecule has 0 aromatic heterocycles. The third-order valence-electron chi connectivity index (χ3n) is 6.39. The largest absolute Gasteiger partial charge is 0.313 e. The number of nitrogens with one attached hydrogen (secondary N) is 2. The van der Waals surface area contributed by atoms with Crippen molar-refractivity contribution in [1.82, 2.24) is 15.5 Å². The van der Waals surface area contributed by atoms with Crippen LogP contribution in [0.3, 0.4) is 0 Å². The number of nitrogens with zero attached hydrogens (tertiary/aromatic N) is 2. The monoisotopic (exact) mass is 338 g/mol. The molecule has 2 N–H and O–H groups in total. The molecule has 2 heterocycles. The lowest BCUT2D eigenvalue weighted by Crippen LogP contribution is -2.70. The summed E-state index contributed by atoms with van der Waals surface area (Å²) in [6.07, 6.45) is 18.1.